The fourth-order valence-corrected chi connectivity index (χ4v) is 1.86. The second kappa shape index (κ2) is 3.75. The van der Waals surface area contributed by atoms with Gasteiger partial charge in [0, 0.05) is 11.5 Å². The number of pyridine rings is 1. The van der Waals surface area contributed by atoms with Crippen molar-refractivity contribution in [3.8, 4) is 0 Å². The van der Waals surface area contributed by atoms with Crippen molar-refractivity contribution in [1.82, 2.24) is 20.0 Å². The maximum atomic E-state index is 10.3. The minimum Gasteiger partial charge on any atom is -0.298 e. The molecule has 0 saturated carbocycles. The molecule has 6 nitrogen and oxygen atoms in total. The highest BCUT2D eigenvalue weighted by atomic mass is 16.1. The highest BCUT2D eigenvalue weighted by Crippen LogP contribution is 2.24. The molecule has 0 unspecified atom stereocenters. The summed E-state index contributed by atoms with van der Waals surface area (Å²) in [5, 5.41) is 8.84. The summed E-state index contributed by atoms with van der Waals surface area (Å²) >= 11 is 0. The fraction of sp³-hybridized carbons (Fsp3) is 0. The molecule has 0 saturated heterocycles. The molecule has 6 heteroatoms. The van der Waals surface area contributed by atoms with Gasteiger partial charge >= 0.3 is 0 Å². The van der Waals surface area contributed by atoms with Gasteiger partial charge in [0.1, 0.15) is 6.33 Å². The van der Waals surface area contributed by atoms with E-state index in [2.05, 4.69) is 21.0 Å². The van der Waals surface area contributed by atoms with Crippen molar-refractivity contribution in [3.63, 3.8) is 0 Å². The first-order valence-electron chi connectivity index (χ1n) is 5.07. The number of carbonyl (C=O) groups excluding carboxylic acids is 1. The Bertz CT molecular complexity index is 690. The molecule has 0 bridgehead atoms. The molecular weight excluding hydrogens is 218 g/mol. The molecule has 0 aliphatic carbocycles. The van der Waals surface area contributed by atoms with Crippen LogP contribution in [0.5, 0.6) is 0 Å². The molecule has 0 radical (unpaired) electrons. The third kappa shape index (κ3) is 1.46. The number of anilines is 1. The van der Waals surface area contributed by atoms with E-state index in [0.29, 0.717) is 6.41 Å². The van der Waals surface area contributed by atoms with E-state index in [1.807, 2.05) is 34.7 Å². The lowest BCUT2D eigenvalue weighted by Gasteiger charge is -2.09. The van der Waals surface area contributed by atoms with Crippen LogP contribution in [0.3, 0.4) is 0 Å². The molecule has 1 amide bonds. The number of amides is 1. The van der Waals surface area contributed by atoms with Crippen molar-refractivity contribution in [2.45, 2.75) is 0 Å². The number of aromatic nitrogens is 3. The van der Waals surface area contributed by atoms with E-state index in [0.717, 1.165) is 22.2 Å². The Labute approximate surface area is 96.2 Å². The minimum absolute atomic E-state index is 0.586. The molecule has 0 spiro atoms. The van der Waals surface area contributed by atoms with Gasteiger partial charge in [0.05, 0.1) is 11.2 Å². The Morgan fingerprint density at radius 1 is 1.29 bits per heavy atom. The van der Waals surface area contributed by atoms with Crippen molar-refractivity contribution in [1.29, 1.82) is 0 Å². The Balaban J connectivity index is 2.33. The van der Waals surface area contributed by atoms with Crippen LogP contribution in [0.2, 0.25) is 0 Å². The summed E-state index contributed by atoms with van der Waals surface area (Å²) in [5.41, 5.74) is 7.73. The van der Waals surface area contributed by atoms with Gasteiger partial charge in [0.25, 0.3) is 0 Å². The molecule has 2 aromatic heterocycles. The molecule has 3 rings (SSSR count). The van der Waals surface area contributed by atoms with Gasteiger partial charge in [-0.1, -0.05) is 18.2 Å². The number of carbonyl (C=O) groups is 1. The Hall–Kier alpha value is -2.63. The van der Waals surface area contributed by atoms with Crippen LogP contribution in [0.25, 0.3) is 16.6 Å². The lowest BCUT2D eigenvalue weighted by atomic mass is 10.2. The summed E-state index contributed by atoms with van der Waals surface area (Å²) in [4.78, 5) is 10.3. The molecule has 2 N–H and O–H groups in total. The Morgan fingerprint density at radius 3 is 3.06 bits per heavy atom. The van der Waals surface area contributed by atoms with Gasteiger partial charge in [-0.2, -0.15) is 0 Å². The predicted molar refractivity (Wildman–Crippen MR) is 63.3 cm³/mol. The highest BCUT2D eigenvalue weighted by molar-refractivity contribution is 5.94. The average Bonchev–Trinajstić information content (AvgIpc) is 2.84. The second-order valence-corrected chi connectivity index (χ2v) is 3.52. The number of rotatable bonds is 3. The van der Waals surface area contributed by atoms with Crippen molar-refractivity contribution < 1.29 is 4.79 Å². The third-order valence-electron chi connectivity index (χ3n) is 2.57. The molecule has 3 aromatic rings. The van der Waals surface area contributed by atoms with Crippen LogP contribution < -0.4 is 10.9 Å². The summed E-state index contributed by atoms with van der Waals surface area (Å²) in [5.74, 6) is 0. The second-order valence-electron chi connectivity index (χ2n) is 3.52. The zero-order chi connectivity index (χ0) is 11.7. The van der Waals surface area contributed by atoms with Crippen molar-refractivity contribution in [2.24, 2.45) is 0 Å². The van der Waals surface area contributed by atoms with E-state index >= 15 is 0 Å². The first kappa shape index (κ1) is 9.59. The van der Waals surface area contributed by atoms with Crippen LogP contribution in [0, 0.1) is 0 Å². The predicted octanol–water partition coefficient (Wildman–Crippen LogP) is 0.955. The maximum Gasteiger partial charge on any atom is 0.225 e. The first-order chi connectivity index (χ1) is 8.40. The van der Waals surface area contributed by atoms with Crippen LogP contribution in [0.1, 0.15) is 0 Å². The largest absolute Gasteiger partial charge is 0.298 e. The number of para-hydroxylation sites is 1. The molecule has 0 fully saturated rings. The lowest BCUT2D eigenvalue weighted by Crippen LogP contribution is -2.19. The van der Waals surface area contributed by atoms with Crippen LogP contribution in [0.15, 0.2) is 36.7 Å². The smallest absolute Gasteiger partial charge is 0.225 e. The summed E-state index contributed by atoms with van der Waals surface area (Å²) in [7, 11) is 0. The molecule has 0 aliphatic rings. The van der Waals surface area contributed by atoms with Crippen LogP contribution in [-0.2, 0) is 4.79 Å². The third-order valence-corrected chi connectivity index (χ3v) is 2.57. The Morgan fingerprint density at radius 2 is 2.18 bits per heavy atom. The van der Waals surface area contributed by atoms with Gasteiger partial charge < -0.3 is 0 Å². The SMILES string of the molecule is O=CNNc1cc2nncn2c2ccccc12. The minimum atomic E-state index is 0.586. The molecular formula is C11H9N5O. The zero-order valence-electron chi connectivity index (χ0n) is 8.79. The normalized spacial score (nSPS) is 10.6. The Kier molecular flexibility index (Phi) is 2.11. The van der Waals surface area contributed by atoms with Crippen LogP contribution in [-0.4, -0.2) is 21.0 Å². The number of fused-ring (bicyclic) bond motifs is 3. The van der Waals surface area contributed by atoms with E-state index in [1.54, 1.807) is 6.33 Å². The highest BCUT2D eigenvalue weighted by Gasteiger charge is 2.06. The molecule has 0 aliphatic heterocycles. The van der Waals surface area contributed by atoms with Gasteiger partial charge in [-0.25, -0.2) is 0 Å². The van der Waals surface area contributed by atoms with Gasteiger partial charge in [-0.05, 0) is 6.07 Å². The topological polar surface area (TPSA) is 71.3 Å². The summed E-state index contributed by atoms with van der Waals surface area (Å²) in [6.45, 7) is 0. The summed E-state index contributed by atoms with van der Waals surface area (Å²) < 4.78 is 1.89. The summed E-state index contributed by atoms with van der Waals surface area (Å²) in [6.07, 6.45) is 2.25. The standard InChI is InChI=1S/C11H9N5O/c17-7-13-14-9-5-11-15-12-6-16(11)10-4-2-1-3-8(9)10/h1-7,14H,(H,13,17). The fourth-order valence-electron chi connectivity index (χ4n) is 1.86. The monoisotopic (exact) mass is 227 g/mol. The van der Waals surface area contributed by atoms with E-state index in [9.17, 15) is 4.79 Å². The van der Waals surface area contributed by atoms with Gasteiger partial charge in [-0.15, -0.1) is 10.2 Å². The lowest BCUT2D eigenvalue weighted by molar-refractivity contribution is -0.109. The van der Waals surface area contributed by atoms with Crippen LogP contribution in [0.4, 0.5) is 5.69 Å². The number of hydrazine groups is 1. The van der Waals surface area contributed by atoms with Gasteiger partial charge in [-0.3, -0.25) is 20.0 Å². The maximum absolute atomic E-state index is 10.3. The number of nitrogens with zero attached hydrogens (tertiary/aromatic N) is 3. The molecule has 0 atom stereocenters. The molecule has 2 heterocycles. The van der Waals surface area contributed by atoms with Gasteiger partial charge in [0.15, 0.2) is 5.65 Å². The van der Waals surface area contributed by atoms with E-state index in [1.165, 1.54) is 0 Å². The number of hydrogen-bond acceptors (Lipinski definition) is 4. The van der Waals surface area contributed by atoms with Crippen molar-refractivity contribution in [3.05, 3.63) is 36.7 Å². The van der Waals surface area contributed by atoms with Gasteiger partial charge in [0.2, 0.25) is 6.41 Å². The number of benzene rings is 1. The zero-order valence-corrected chi connectivity index (χ0v) is 8.79. The van der Waals surface area contributed by atoms with E-state index in [-0.39, 0.29) is 0 Å². The first-order valence-corrected chi connectivity index (χ1v) is 5.07. The number of hydrogen-bond donors (Lipinski definition) is 2. The molecule has 17 heavy (non-hydrogen) atoms. The molecule has 1 aromatic carbocycles. The average molecular weight is 227 g/mol. The quantitative estimate of drug-likeness (QED) is 0.516. The number of nitrogens with one attached hydrogen (secondary N) is 2. The van der Waals surface area contributed by atoms with E-state index in [4.69, 9.17) is 0 Å². The van der Waals surface area contributed by atoms with Crippen molar-refractivity contribution >= 4 is 28.6 Å². The molecule has 84 valence electrons. The van der Waals surface area contributed by atoms with Crippen LogP contribution >= 0.6 is 0 Å². The summed E-state index contributed by atoms with van der Waals surface area (Å²) in [6, 6.07) is 9.64. The van der Waals surface area contributed by atoms with Crippen molar-refractivity contribution in [2.75, 3.05) is 5.43 Å². The van der Waals surface area contributed by atoms with E-state index < -0.39 is 0 Å².